The average Bonchev–Trinajstić information content (AvgIpc) is 3.08. The third kappa shape index (κ3) is 8.52. The molecule has 28 heavy (non-hydrogen) atoms. The fourth-order valence-corrected chi connectivity index (χ4v) is 3.58. The van der Waals surface area contributed by atoms with E-state index in [0.29, 0.717) is 17.9 Å². The maximum absolute atomic E-state index is 12.1. The number of hydrogen-bond donors (Lipinski definition) is 4. The molecule has 4 N–H and O–H groups in total. The van der Waals surface area contributed by atoms with E-state index in [1.807, 2.05) is 6.07 Å². The van der Waals surface area contributed by atoms with Gasteiger partial charge in [-0.2, -0.15) is 13.2 Å². The smallest absolute Gasteiger partial charge is 0.481 e. The predicted octanol–water partition coefficient (Wildman–Crippen LogP) is 2.78. The summed E-state index contributed by atoms with van der Waals surface area (Å²) in [5.74, 6) is -2.38. The molecule has 0 aliphatic heterocycles. The number of pyridine rings is 1. The highest BCUT2D eigenvalue weighted by molar-refractivity contribution is 8.76. The monoisotopic (exact) mass is 439 g/mol. The number of hydrogen-bond acceptors (Lipinski definition) is 6. The number of halogens is 3. The lowest BCUT2D eigenvalue weighted by molar-refractivity contribution is -0.192. The van der Waals surface area contributed by atoms with E-state index in [1.54, 1.807) is 29.3 Å². The number of carbonyl (C=O) groups is 3. The molecular formula is C15H16F3N3O5S2. The molecule has 0 aromatic carbocycles. The van der Waals surface area contributed by atoms with Crippen molar-refractivity contribution in [2.75, 3.05) is 18.1 Å². The zero-order chi connectivity index (χ0) is 21.2. The molecule has 0 saturated heterocycles. The van der Waals surface area contributed by atoms with Gasteiger partial charge in [0.25, 0.3) is 5.91 Å². The van der Waals surface area contributed by atoms with Crippen LogP contribution in [0.5, 0.6) is 0 Å². The second kappa shape index (κ2) is 11.4. The van der Waals surface area contributed by atoms with Crippen LogP contribution in [-0.2, 0) is 9.59 Å². The lowest BCUT2D eigenvalue weighted by Crippen LogP contribution is -2.25. The minimum absolute atomic E-state index is 0.138. The first-order valence-corrected chi connectivity index (χ1v) is 10.1. The number of carboxylic acids is 2. The maximum Gasteiger partial charge on any atom is 0.490 e. The Hall–Kier alpha value is -2.41. The fourth-order valence-electron chi connectivity index (χ4n) is 1.70. The minimum Gasteiger partial charge on any atom is -0.481 e. The summed E-state index contributed by atoms with van der Waals surface area (Å²) in [6.07, 6.45) is -1.56. The van der Waals surface area contributed by atoms with Gasteiger partial charge in [0.15, 0.2) is 0 Å². The van der Waals surface area contributed by atoms with Crippen molar-refractivity contribution in [3.8, 4) is 0 Å². The molecule has 2 aromatic rings. The van der Waals surface area contributed by atoms with E-state index in [-0.39, 0.29) is 12.3 Å². The Bertz CT molecular complexity index is 814. The van der Waals surface area contributed by atoms with Gasteiger partial charge in [-0.25, -0.2) is 4.79 Å². The van der Waals surface area contributed by atoms with E-state index in [0.717, 1.165) is 16.8 Å². The summed E-state index contributed by atoms with van der Waals surface area (Å²) in [6.45, 7) is 0.536. The Morgan fingerprint density at radius 2 is 1.79 bits per heavy atom. The molecule has 0 atom stereocenters. The number of carboxylic acid groups (broad SMARTS) is 2. The number of aliphatic carboxylic acids is 2. The Kier molecular flexibility index (Phi) is 9.65. The van der Waals surface area contributed by atoms with Gasteiger partial charge in [0.2, 0.25) is 0 Å². The summed E-state index contributed by atoms with van der Waals surface area (Å²) in [6, 6.07) is 3.50. The van der Waals surface area contributed by atoms with Crippen molar-refractivity contribution in [3.63, 3.8) is 0 Å². The Balaban J connectivity index is 0.000000480. The normalized spacial score (nSPS) is 10.8. The number of aromatic amines is 1. The number of amides is 1. The number of nitrogens with zero attached hydrogens (tertiary/aromatic N) is 1. The van der Waals surface area contributed by atoms with Crippen LogP contribution in [-0.4, -0.2) is 62.3 Å². The van der Waals surface area contributed by atoms with Gasteiger partial charge in [-0.3, -0.25) is 14.6 Å². The largest absolute Gasteiger partial charge is 0.490 e. The predicted molar refractivity (Wildman–Crippen MR) is 99.3 cm³/mol. The number of alkyl halides is 3. The molecule has 0 spiro atoms. The molecule has 0 bridgehead atoms. The van der Waals surface area contributed by atoms with Crippen molar-refractivity contribution in [2.45, 2.75) is 12.6 Å². The van der Waals surface area contributed by atoms with Crippen LogP contribution in [0, 0.1) is 0 Å². The molecule has 0 aliphatic rings. The second-order valence-corrected chi connectivity index (χ2v) is 7.65. The molecule has 0 saturated carbocycles. The van der Waals surface area contributed by atoms with Gasteiger partial charge in [0.1, 0.15) is 0 Å². The van der Waals surface area contributed by atoms with Gasteiger partial charge >= 0.3 is 18.1 Å². The summed E-state index contributed by atoms with van der Waals surface area (Å²) in [5.41, 5.74) is 2.08. The van der Waals surface area contributed by atoms with E-state index in [4.69, 9.17) is 15.0 Å². The van der Waals surface area contributed by atoms with Gasteiger partial charge in [-0.1, -0.05) is 21.6 Å². The fraction of sp³-hybridized carbons (Fsp3) is 0.333. The molecular weight excluding hydrogens is 423 g/mol. The van der Waals surface area contributed by atoms with Crippen molar-refractivity contribution in [2.24, 2.45) is 0 Å². The number of carbonyl (C=O) groups excluding carboxylic acids is 1. The standard InChI is InChI=1S/C13H15N3O3S2.C2HF3O2/c17-11(18)3-7-20-21-8-6-16-13(19)9-1-4-14-10-2-5-15-12(9)10;3-2(4,5)1(6)7/h1-2,4-5,15H,3,6-8H2,(H,16,19)(H,17,18);(H,6,7). The van der Waals surface area contributed by atoms with Crippen molar-refractivity contribution in [1.82, 2.24) is 15.3 Å². The van der Waals surface area contributed by atoms with E-state index >= 15 is 0 Å². The molecule has 0 aliphatic carbocycles. The van der Waals surface area contributed by atoms with E-state index < -0.39 is 18.1 Å². The number of aromatic nitrogens is 2. The zero-order valence-electron chi connectivity index (χ0n) is 14.2. The van der Waals surface area contributed by atoms with Gasteiger partial charge in [0.05, 0.1) is 23.0 Å². The van der Waals surface area contributed by atoms with E-state index in [1.165, 1.54) is 10.8 Å². The van der Waals surface area contributed by atoms with Crippen LogP contribution < -0.4 is 5.32 Å². The van der Waals surface area contributed by atoms with Crippen molar-refractivity contribution in [3.05, 3.63) is 30.1 Å². The van der Waals surface area contributed by atoms with Gasteiger partial charge in [-0.05, 0) is 12.1 Å². The number of rotatable bonds is 8. The molecule has 0 unspecified atom stereocenters. The molecule has 0 fully saturated rings. The zero-order valence-corrected chi connectivity index (χ0v) is 15.8. The number of H-pyrrole nitrogens is 1. The van der Waals surface area contributed by atoms with Crippen molar-refractivity contribution >= 4 is 50.5 Å². The lowest BCUT2D eigenvalue weighted by atomic mass is 10.2. The van der Waals surface area contributed by atoms with Crippen LogP contribution in [0.4, 0.5) is 13.2 Å². The number of fused-ring (bicyclic) bond motifs is 1. The Morgan fingerprint density at radius 3 is 2.39 bits per heavy atom. The van der Waals surface area contributed by atoms with Crippen LogP contribution in [0.3, 0.4) is 0 Å². The molecule has 8 nitrogen and oxygen atoms in total. The van der Waals surface area contributed by atoms with Crippen LogP contribution in [0.25, 0.3) is 11.0 Å². The molecule has 0 radical (unpaired) electrons. The molecule has 1 amide bonds. The molecule has 2 heterocycles. The highest BCUT2D eigenvalue weighted by Crippen LogP contribution is 2.21. The summed E-state index contributed by atoms with van der Waals surface area (Å²) in [4.78, 5) is 38.5. The van der Waals surface area contributed by atoms with Crippen LogP contribution in [0.15, 0.2) is 24.5 Å². The number of nitrogens with one attached hydrogen (secondary N) is 2. The average molecular weight is 439 g/mol. The van der Waals surface area contributed by atoms with E-state index in [9.17, 15) is 22.8 Å². The third-order valence-corrected chi connectivity index (χ3v) is 5.30. The van der Waals surface area contributed by atoms with Crippen LogP contribution in [0.2, 0.25) is 0 Å². The quantitative estimate of drug-likeness (QED) is 0.365. The van der Waals surface area contributed by atoms with Gasteiger partial charge in [0, 0.05) is 30.4 Å². The summed E-state index contributed by atoms with van der Waals surface area (Å²) in [5, 5.41) is 18.5. The maximum atomic E-state index is 12.1. The summed E-state index contributed by atoms with van der Waals surface area (Å²) in [7, 11) is 3.06. The van der Waals surface area contributed by atoms with Gasteiger partial charge < -0.3 is 20.5 Å². The van der Waals surface area contributed by atoms with Crippen LogP contribution >= 0.6 is 21.6 Å². The highest BCUT2D eigenvalue weighted by Gasteiger charge is 2.38. The third-order valence-electron chi connectivity index (χ3n) is 2.89. The first-order valence-electron chi connectivity index (χ1n) is 7.59. The molecule has 2 aromatic heterocycles. The topological polar surface area (TPSA) is 132 Å². The Labute approximate surface area is 164 Å². The first-order chi connectivity index (χ1) is 13.1. The molecule has 13 heteroatoms. The van der Waals surface area contributed by atoms with Gasteiger partial charge in [-0.15, -0.1) is 0 Å². The first kappa shape index (κ1) is 23.6. The SMILES string of the molecule is O=C(O)C(F)(F)F.O=C(O)CCSSCCNC(=O)c1ccnc2cc[nH]c12. The second-order valence-electron chi connectivity index (χ2n) is 4.94. The van der Waals surface area contributed by atoms with Crippen LogP contribution in [0.1, 0.15) is 16.8 Å². The summed E-state index contributed by atoms with van der Waals surface area (Å²) < 4.78 is 31.7. The van der Waals surface area contributed by atoms with Crippen molar-refractivity contribution < 1.29 is 37.8 Å². The minimum atomic E-state index is -5.08. The molecule has 154 valence electrons. The van der Waals surface area contributed by atoms with E-state index in [2.05, 4.69) is 15.3 Å². The summed E-state index contributed by atoms with van der Waals surface area (Å²) >= 11 is 0. The van der Waals surface area contributed by atoms with Crippen molar-refractivity contribution in [1.29, 1.82) is 0 Å². The highest BCUT2D eigenvalue weighted by atomic mass is 33.1. The Morgan fingerprint density at radius 1 is 1.14 bits per heavy atom. The molecule has 2 rings (SSSR count). The lowest BCUT2D eigenvalue weighted by Gasteiger charge is -2.05.